The van der Waals surface area contributed by atoms with Gasteiger partial charge in [0.2, 0.25) is 0 Å². The summed E-state index contributed by atoms with van der Waals surface area (Å²) >= 11 is 0. The number of ketones is 1. The summed E-state index contributed by atoms with van der Waals surface area (Å²) in [5.41, 5.74) is 5.40. The molecule has 3 N–H and O–H groups in total. The van der Waals surface area contributed by atoms with E-state index in [0.29, 0.717) is 55.6 Å². The average Bonchev–Trinajstić information content (AvgIpc) is 3.51. The van der Waals surface area contributed by atoms with Crippen molar-refractivity contribution in [2.45, 2.75) is 154 Å². The van der Waals surface area contributed by atoms with Crippen molar-refractivity contribution in [2.24, 2.45) is 29.1 Å². The molecule has 66 heavy (non-hydrogen) atoms. The number of aromatic nitrogens is 3. The fourth-order valence-electron chi connectivity index (χ4n) is 11.4. The third-order valence-corrected chi connectivity index (χ3v) is 15.2. The maximum Gasteiger partial charge on any atom is 0.410 e. The number of hydrogen-bond donors (Lipinski definition) is 2. The topological polar surface area (TPSA) is 198 Å². The lowest BCUT2D eigenvalue weighted by molar-refractivity contribution is -0.288. The van der Waals surface area contributed by atoms with Gasteiger partial charge in [-0.05, 0) is 97.7 Å². The minimum atomic E-state index is -1.38. The van der Waals surface area contributed by atoms with Gasteiger partial charge in [0.05, 0.1) is 47.6 Å². The predicted octanol–water partition coefficient (Wildman–Crippen LogP) is 6.54. The Morgan fingerprint density at radius 2 is 1.70 bits per heavy atom. The molecule has 4 aliphatic rings. The van der Waals surface area contributed by atoms with E-state index in [2.05, 4.69) is 10.3 Å². The number of amides is 1. The van der Waals surface area contributed by atoms with E-state index in [1.165, 1.54) is 0 Å². The van der Waals surface area contributed by atoms with Gasteiger partial charge in [0.15, 0.2) is 18.0 Å². The van der Waals surface area contributed by atoms with Gasteiger partial charge in [0, 0.05) is 47.5 Å². The van der Waals surface area contributed by atoms with Gasteiger partial charge < -0.3 is 44.3 Å². The number of benzene rings is 2. The van der Waals surface area contributed by atoms with Crippen LogP contribution in [0.1, 0.15) is 104 Å². The minimum absolute atomic E-state index is 0.0714. The van der Waals surface area contributed by atoms with Crippen molar-refractivity contribution in [1.82, 2.24) is 24.8 Å². The molecular weight excluding hydrogens is 845 g/mol. The zero-order valence-corrected chi connectivity index (χ0v) is 40.2. The van der Waals surface area contributed by atoms with E-state index in [0.717, 1.165) is 5.56 Å². The Bertz CT molecular complexity index is 2220. The van der Waals surface area contributed by atoms with E-state index in [-0.39, 0.29) is 30.9 Å². The number of carbonyl (C=O) groups is 4. The van der Waals surface area contributed by atoms with E-state index >= 15 is 0 Å². The Balaban J connectivity index is 1.15. The molecule has 0 bridgehead atoms. The Labute approximate surface area is 388 Å². The third-order valence-electron chi connectivity index (χ3n) is 15.2. The number of nitrogens with two attached hydrogens (primary N) is 1. The van der Waals surface area contributed by atoms with Crippen LogP contribution in [-0.2, 0) is 39.8 Å². The van der Waals surface area contributed by atoms with Crippen molar-refractivity contribution in [3.8, 4) is 11.3 Å². The molecule has 1 unspecified atom stereocenters. The van der Waals surface area contributed by atoms with Crippen LogP contribution in [0.15, 0.2) is 60.8 Å². The molecule has 7 rings (SSSR count). The summed E-state index contributed by atoms with van der Waals surface area (Å²) in [7, 11) is 3.85. The average molecular weight is 915 g/mol. The molecular formula is C50H70N6O10. The number of carbonyl (C=O) groups excluding carboxylic acids is 4. The quantitative estimate of drug-likeness (QED) is 0.0859. The number of Topliss-reactive ketones (excluding diaryl/α,β-unsaturated/α-hetero) is 1. The molecule has 16 nitrogen and oxygen atoms in total. The van der Waals surface area contributed by atoms with Gasteiger partial charge in [-0.2, -0.15) is 0 Å². The number of unbranched alkanes of at least 4 members (excludes halogenated alkanes) is 1. The molecule has 1 aliphatic carbocycles. The van der Waals surface area contributed by atoms with Crippen LogP contribution < -0.4 is 5.73 Å². The zero-order chi connectivity index (χ0) is 47.9. The summed E-state index contributed by atoms with van der Waals surface area (Å²) in [6, 6.07) is 15.2. The Kier molecular flexibility index (Phi) is 14.4. The summed E-state index contributed by atoms with van der Waals surface area (Å²) in [5, 5.41) is 20.8. The molecule has 0 radical (unpaired) electrons. The highest BCUT2D eigenvalue weighted by molar-refractivity contribution is 5.89. The molecule has 4 fully saturated rings. The van der Waals surface area contributed by atoms with Gasteiger partial charge in [-0.3, -0.25) is 14.3 Å². The second kappa shape index (κ2) is 19.4. The smallest absolute Gasteiger partial charge is 0.410 e. The predicted molar refractivity (Wildman–Crippen MR) is 246 cm³/mol. The van der Waals surface area contributed by atoms with Gasteiger partial charge >= 0.3 is 18.0 Å². The Morgan fingerprint density at radius 1 is 0.985 bits per heavy atom. The van der Waals surface area contributed by atoms with E-state index in [1.807, 2.05) is 97.1 Å². The lowest BCUT2D eigenvalue weighted by Gasteiger charge is -2.46. The van der Waals surface area contributed by atoms with Crippen LogP contribution in [0.25, 0.3) is 11.3 Å². The number of aryl methyl sites for hydroxylation is 1. The number of fused-ring (bicyclic) bond motifs is 2. The van der Waals surface area contributed by atoms with Gasteiger partial charge in [0.25, 0.3) is 0 Å². The summed E-state index contributed by atoms with van der Waals surface area (Å²) in [5.74, 6) is -4.16. The summed E-state index contributed by atoms with van der Waals surface area (Å²) in [6.45, 7) is 15.7. The van der Waals surface area contributed by atoms with E-state index in [1.54, 1.807) is 47.7 Å². The van der Waals surface area contributed by atoms with Crippen LogP contribution in [-0.4, -0.2) is 128 Å². The molecule has 3 saturated heterocycles. The van der Waals surface area contributed by atoms with Crippen LogP contribution in [0.2, 0.25) is 0 Å². The van der Waals surface area contributed by atoms with Crippen molar-refractivity contribution in [3.05, 3.63) is 66.4 Å². The van der Waals surface area contributed by atoms with E-state index in [9.17, 15) is 24.3 Å². The number of hydrogen-bond acceptors (Lipinski definition) is 14. The molecule has 16 heteroatoms. The fourth-order valence-corrected chi connectivity index (χ4v) is 11.4. The van der Waals surface area contributed by atoms with Crippen molar-refractivity contribution >= 4 is 29.5 Å². The summed E-state index contributed by atoms with van der Waals surface area (Å²) in [4.78, 5) is 60.5. The standard InChI is InChI=1S/C50H70N6O10/c1-11-39-49(8)43(56(47(61)66-49)23-16-15-22-55-27-37(52-53-55)35-20-17-21-36(51)25-35)31(4)40(57)29(2)26-48(7)28-50(48,33(6)41(58)32(5)44(59)63-39)65-46-42(38(54(9)10)24-30(3)62-46)64-45(60)34-18-13-12-14-19-34/h12-14,17-21,25,27,29-33,38-39,41-43,46,58H,11,15-16,22-24,26,28,51H2,1-10H3/t29-,30-,31+,32-,33+,38+,39-,41-,42-,43?,46+,48-,49-,50-/m1/s1. The lowest BCUT2D eigenvalue weighted by atomic mass is 9.74. The zero-order valence-electron chi connectivity index (χ0n) is 40.2. The fraction of sp³-hybridized carbons (Fsp3) is 0.640. The molecule has 4 heterocycles. The highest BCUT2D eigenvalue weighted by Crippen LogP contribution is 2.67. The molecule has 2 aromatic carbocycles. The Morgan fingerprint density at radius 3 is 2.38 bits per heavy atom. The number of cyclic esters (lactones) is 1. The number of anilines is 1. The SMILES string of the molecule is CC[C@H]1OC(=O)[C@H](C)[C@@H](O)[C@H](C)[C@]2(O[C@@H]3O[C@H](C)C[C@H](N(C)C)[C@H]3OC(=O)c3ccccc3)C[C@@]2(C)C[C@@H](C)C(=O)[C@H](C)C2N(CCCCn3cc(-c4cccc(N)c4)nn3)C(=O)O[C@@]21C. The minimum Gasteiger partial charge on any atom is -0.458 e. The number of ether oxygens (including phenoxy) is 5. The van der Waals surface area contributed by atoms with Crippen LogP contribution in [0.3, 0.4) is 0 Å². The van der Waals surface area contributed by atoms with Gasteiger partial charge in [-0.25, -0.2) is 9.59 Å². The van der Waals surface area contributed by atoms with Crippen molar-refractivity contribution in [3.63, 3.8) is 0 Å². The molecule has 0 spiro atoms. The molecule has 1 aromatic heterocycles. The van der Waals surface area contributed by atoms with Gasteiger partial charge in [-0.15, -0.1) is 5.10 Å². The first-order chi connectivity index (χ1) is 31.2. The highest BCUT2D eigenvalue weighted by Gasteiger charge is 2.72. The number of rotatable bonds is 12. The second-order valence-corrected chi connectivity index (χ2v) is 20.1. The van der Waals surface area contributed by atoms with Crippen LogP contribution >= 0.6 is 0 Å². The largest absolute Gasteiger partial charge is 0.458 e. The maximum absolute atomic E-state index is 14.9. The summed E-state index contributed by atoms with van der Waals surface area (Å²) in [6.07, 6.45) is -0.160. The van der Waals surface area contributed by atoms with Crippen molar-refractivity contribution in [2.75, 3.05) is 26.4 Å². The molecule has 14 atom stereocenters. The normalized spacial score (nSPS) is 36.2. The number of nitrogen functional groups attached to an aromatic ring is 1. The lowest BCUT2D eigenvalue weighted by Crippen LogP contribution is -2.59. The molecule has 1 amide bonds. The number of aliphatic hydroxyl groups excluding tert-OH is 1. The number of likely N-dealkylation sites (N-methyl/N-ethyl adjacent to an activating group) is 1. The number of nitrogens with zero attached hydrogens (tertiary/aromatic N) is 5. The van der Waals surface area contributed by atoms with Crippen LogP contribution in [0, 0.1) is 29.1 Å². The monoisotopic (exact) mass is 915 g/mol. The Hall–Kier alpha value is -4.90. The number of aliphatic hydroxyl groups is 1. The first-order valence-corrected chi connectivity index (χ1v) is 23.7. The molecule has 1 saturated carbocycles. The van der Waals surface area contributed by atoms with Gasteiger partial charge in [-0.1, -0.05) is 70.2 Å². The van der Waals surface area contributed by atoms with Crippen molar-refractivity contribution in [1.29, 1.82) is 0 Å². The molecule has 3 aromatic rings. The summed E-state index contributed by atoms with van der Waals surface area (Å²) < 4.78 is 34.2. The maximum atomic E-state index is 14.9. The first-order valence-electron chi connectivity index (χ1n) is 23.7. The second-order valence-electron chi connectivity index (χ2n) is 20.1. The van der Waals surface area contributed by atoms with Crippen molar-refractivity contribution < 1.29 is 48.0 Å². The van der Waals surface area contributed by atoms with Crippen LogP contribution in [0.5, 0.6) is 0 Å². The molecule has 3 aliphatic heterocycles. The first kappa shape index (κ1) is 49.0. The van der Waals surface area contributed by atoms with E-state index < -0.39 is 89.0 Å². The van der Waals surface area contributed by atoms with Gasteiger partial charge in [0.1, 0.15) is 17.6 Å². The number of esters is 2. The third kappa shape index (κ3) is 9.48. The highest BCUT2D eigenvalue weighted by atomic mass is 16.7. The molecule has 360 valence electrons. The van der Waals surface area contributed by atoms with Crippen LogP contribution in [0.4, 0.5) is 10.5 Å². The van der Waals surface area contributed by atoms with E-state index in [4.69, 9.17) is 29.4 Å².